The second kappa shape index (κ2) is 6.38. The average molecular weight is 271 g/mol. The molecular weight excluding hydrogens is 258 g/mol. The van der Waals surface area contributed by atoms with Crippen LogP contribution in [0.3, 0.4) is 0 Å². The number of aliphatic carboxylic acids is 1. The summed E-state index contributed by atoms with van der Waals surface area (Å²) in [7, 11) is 1.58. The van der Waals surface area contributed by atoms with E-state index in [0.29, 0.717) is 22.8 Å². The van der Waals surface area contributed by atoms with Gasteiger partial charge in [0.15, 0.2) is 0 Å². The van der Waals surface area contributed by atoms with Crippen LogP contribution in [0.15, 0.2) is 48.8 Å². The van der Waals surface area contributed by atoms with Crippen LogP contribution in [0.4, 0.5) is 0 Å². The molecule has 0 aliphatic carbocycles. The van der Waals surface area contributed by atoms with Crippen LogP contribution in [-0.4, -0.2) is 23.2 Å². The first-order chi connectivity index (χ1) is 9.67. The normalized spacial score (nSPS) is 10.4. The monoisotopic (exact) mass is 271 g/mol. The van der Waals surface area contributed by atoms with Gasteiger partial charge in [-0.2, -0.15) is 0 Å². The van der Waals surface area contributed by atoms with Crippen LogP contribution in [0.2, 0.25) is 0 Å². The number of aromatic nitrogens is 1. The number of carbonyl (C=O) groups is 1. The molecule has 1 aromatic carbocycles. The van der Waals surface area contributed by atoms with Crippen molar-refractivity contribution >= 4 is 12.0 Å². The third kappa shape index (κ3) is 3.84. The fraction of sp³-hybridized carbons (Fsp3) is 0.0667. The van der Waals surface area contributed by atoms with Gasteiger partial charge in [-0.1, -0.05) is 6.07 Å². The Bertz CT molecular complexity index is 637. The van der Waals surface area contributed by atoms with Crippen molar-refractivity contribution in [3.63, 3.8) is 0 Å². The van der Waals surface area contributed by atoms with Crippen LogP contribution in [0, 0.1) is 0 Å². The second-order valence-electron chi connectivity index (χ2n) is 3.91. The van der Waals surface area contributed by atoms with Gasteiger partial charge in [0.05, 0.1) is 13.3 Å². The zero-order valence-corrected chi connectivity index (χ0v) is 10.8. The van der Waals surface area contributed by atoms with Gasteiger partial charge in [-0.05, 0) is 29.8 Å². The first-order valence-electron chi connectivity index (χ1n) is 5.85. The molecule has 0 amide bonds. The lowest BCUT2D eigenvalue weighted by Crippen LogP contribution is -1.89. The first kappa shape index (κ1) is 13.6. The molecular formula is C15H13NO4. The highest BCUT2D eigenvalue weighted by atomic mass is 16.5. The van der Waals surface area contributed by atoms with Gasteiger partial charge in [-0.15, -0.1) is 0 Å². The third-order valence-corrected chi connectivity index (χ3v) is 2.43. The summed E-state index contributed by atoms with van der Waals surface area (Å²) < 4.78 is 10.8. The summed E-state index contributed by atoms with van der Waals surface area (Å²) >= 11 is 0. The van der Waals surface area contributed by atoms with E-state index in [1.54, 1.807) is 37.7 Å². The van der Waals surface area contributed by atoms with Crippen molar-refractivity contribution < 1.29 is 19.4 Å². The van der Waals surface area contributed by atoms with Gasteiger partial charge in [0.25, 0.3) is 0 Å². The van der Waals surface area contributed by atoms with Crippen LogP contribution in [0.25, 0.3) is 6.08 Å². The smallest absolute Gasteiger partial charge is 0.328 e. The van der Waals surface area contributed by atoms with E-state index in [4.69, 9.17) is 14.6 Å². The van der Waals surface area contributed by atoms with Gasteiger partial charge in [0.2, 0.25) is 0 Å². The number of hydrogen-bond donors (Lipinski definition) is 1. The zero-order chi connectivity index (χ0) is 14.4. The Morgan fingerprint density at radius 1 is 1.20 bits per heavy atom. The summed E-state index contributed by atoms with van der Waals surface area (Å²) in [5.41, 5.74) is 0.646. The van der Waals surface area contributed by atoms with Gasteiger partial charge < -0.3 is 14.6 Å². The Labute approximate surface area is 116 Å². The SMILES string of the molecule is COc1cccc(Oc2cncc(/C=C/C(=O)O)c2)c1. The number of carboxylic acid groups (broad SMARTS) is 1. The van der Waals surface area contributed by atoms with Crippen LogP contribution < -0.4 is 9.47 Å². The molecule has 2 rings (SSSR count). The number of pyridine rings is 1. The molecule has 0 radical (unpaired) electrons. The predicted molar refractivity (Wildman–Crippen MR) is 74.0 cm³/mol. The van der Waals surface area contributed by atoms with Gasteiger partial charge >= 0.3 is 5.97 Å². The Kier molecular flexibility index (Phi) is 4.34. The Hall–Kier alpha value is -2.82. The topological polar surface area (TPSA) is 68.7 Å². The highest BCUT2D eigenvalue weighted by molar-refractivity contribution is 5.85. The second-order valence-corrected chi connectivity index (χ2v) is 3.91. The lowest BCUT2D eigenvalue weighted by molar-refractivity contribution is -0.131. The number of ether oxygens (including phenoxy) is 2. The third-order valence-electron chi connectivity index (χ3n) is 2.43. The van der Waals surface area contributed by atoms with E-state index >= 15 is 0 Å². The van der Waals surface area contributed by atoms with E-state index in [1.807, 2.05) is 12.1 Å². The minimum absolute atomic E-state index is 0.519. The minimum Gasteiger partial charge on any atom is -0.497 e. The number of nitrogens with zero attached hydrogens (tertiary/aromatic N) is 1. The predicted octanol–water partition coefficient (Wildman–Crippen LogP) is 2.98. The van der Waals surface area contributed by atoms with Crippen LogP contribution in [-0.2, 0) is 4.79 Å². The Morgan fingerprint density at radius 2 is 2.00 bits per heavy atom. The quantitative estimate of drug-likeness (QED) is 0.847. The Balaban J connectivity index is 2.16. The largest absolute Gasteiger partial charge is 0.497 e. The van der Waals surface area contributed by atoms with Gasteiger partial charge in [-0.3, -0.25) is 4.98 Å². The number of carboxylic acids is 1. The molecule has 0 aliphatic rings. The van der Waals surface area contributed by atoms with E-state index in [-0.39, 0.29) is 0 Å². The summed E-state index contributed by atoms with van der Waals surface area (Å²) in [6, 6.07) is 8.88. The van der Waals surface area contributed by atoms with E-state index < -0.39 is 5.97 Å². The maximum atomic E-state index is 10.5. The summed E-state index contributed by atoms with van der Waals surface area (Å²) in [5, 5.41) is 8.58. The van der Waals surface area contributed by atoms with Crippen molar-refractivity contribution in [2.24, 2.45) is 0 Å². The molecule has 0 atom stereocenters. The molecule has 1 heterocycles. The van der Waals surface area contributed by atoms with Crippen molar-refractivity contribution in [2.75, 3.05) is 7.11 Å². The number of hydrogen-bond acceptors (Lipinski definition) is 4. The lowest BCUT2D eigenvalue weighted by atomic mass is 10.2. The van der Waals surface area contributed by atoms with E-state index in [0.717, 1.165) is 6.08 Å². The summed E-state index contributed by atoms with van der Waals surface area (Å²) in [5.74, 6) is 0.817. The molecule has 102 valence electrons. The van der Waals surface area contributed by atoms with E-state index in [2.05, 4.69) is 4.98 Å². The summed E-state index contributed by atoms with van der Waals surface area (Å²) in [6.45, 7) is 0. The van der Waals surface area contributed by atoms with Crippen LogP contribution in [0.1, 0.15) is 5.56 Å². The number of benzene rings is 1. The van der Waals surface area contributed by atoms with Gasteiger partial charge in [-0.25, -0.2) is 4.79 Å². The molecule has 0 spiro atoms. The molecule has 0 aliphatic heterocycles. The fourth-order valence-corrected chi connectivity index (χ4v) is 1.55. The molecule has 0 bridgehead atoms. The van der Waals surface area contributed by atoms with Crippen LogP contribution >= 0.6 is 0 Å². The van der Waals surface area contributed by atoms with Gasteiger partial charge in [0.1, 0.15) is 17.2 Å². The molecule has 0 saturated heterocycles. The molecule has 2 aromatic rings. The molecule has 0 fully saturated rings. The highest BCUT2D eigenvalue weighted by Gasteiger charge is 2.00. The fourth-order valence-electron chi connectivity index (χ4n) is 1.55. The van der Waals surface area contributed by atoms with E-state index in [1.165, 1.54) is 6.08 Å². The maximum absolute atomic E-state index is 10.5. The summed E-state index contributed by atoms with van der Waals surface area (Å²) in [6.07, 6.45) is 5.61. The lowest BCUT2D eigenvalue weighted by Gasteiger charge is -2.07. The van der Waals surface area contributed by atoms with Crippen molar-refractivity contribution in [1.29, 1.82) is 0 Å². The molecule has 20 heavy (non-hydrogen) atoms. The van der Waals surface area contributed by atoms with Crippen LogP contribution in [0.5, 0.6) is 17.2 Å². The molecule has 5 heteroatoms. The van der Waals surface area contributed by atoms with Gasteiger partial charge in [0, 0.05) is 18.3 Å². The molecule has 0 saturated carbocycles. The van der Waals surface area contributed by atoms with Crippen molar-refractivity contribution in [3.8, 4) is 17.2 Å². The minimum atomic E-state index is -1.01. The van der Waals surface area contributed by atoms with Crippen molar-refractivity contribution in [3.05, 3.63) is 54.4 Å². The molecule has 1 N–H and O–H groups in total. The molecule has 5 nitrogen and oxygen atoms in total. The molecule has 1 aromatic heterocycles. The van der Waals surface area contributed by atoms with Crippen molar-refractivity contribution in [2.45, 2.75) is 0 Å². The average Bonchev–Trinajstić information content (AvgIpc) is 2.46. The van der Waals surface area contributed by atoms with Crippen molar-refractivity contribution in [1.82, 2.24) is 4.98 Å². The molecule has 0 unspecified atom stereocenters. The zero-order valence-electron chi connectivity index (χ0n) is 10.8. The number of rotatable bonds is 5. The first-order valence-corrected chi connectivity index (χ1v) is 5.85. The Morgan fingerprint density at radius 3 is 2.75 bits per heavy atom. The number of methoxy groups -OCH3 is 1. The highest BCUT2D eigenvalue weighted by Crippen LogP contribution is 2.25. The summed E-state index contributed by atoms with van der Waals surface area (Å²) in [4.78, 5) is 14.5. The van der Waals surface area contributed by atoms with E-state index in [9.17, 15) is 4.79 Å². The maximum Gasteiger partial charge on any atom is 0.328 e. The standard InChI is InChI=1S/C15H13NO4/c1-19-12-3-2-4-13(8-12)20-14-7-11(9-16-10-14)5-6-15(17)18/h2-10H,1H3,(H,17,18)/b6-5+.